The first kappa shape index (κ1) is 18.8. The number of imidazole rings is 1. The summed E-state index contributed by atoms with van der Waals surface area (Å²) >= 11 is 4.91. The summed E-state index contributed by atoms with van der Waals surface area (Å²) in [6.45, 7) is 2.00. The van der Waals surface area contributed by atoms with Crippen molar-refractivity contribution in [3.05, 3.63) is 82.8 Å². The summed E-state index contributed by atoms with van der Waals surface area (Å²) in [5, 5.41) is 3.76. The van der Waals surface area contributed by atoms with Crippen molar-refractivity contribution in [1.82, 2.24) is 9.55 Å². The Morgan fingerprint density at radius 1 is 1.07 bits per heavy atom. The molecule has 4 aromatic rings. The number of anilines is 1. The van der Waals surface area contributed by atoms with Gasteiger partial charge >= 0.3 is 0 Å². The lowest BCUT2D eigenvalue weighted by molar-refractivity contribution is -0.113. The number of carbonyl (C=O) groups is 1. The summed E-state index contributed by atoms with van der Waals surface area (Å²) in [6, 6.07) is 23.9. The SMILES string of the molecule is Cc1cc(NC(=O)CSc2nc3ccccc3n2-c2ccccc2)ccc1Br. The van der Waals surface area contributed by atoms with Crippen LogP contribution in [0, 0.1) is 6.92 Å². The Labute approximate surface area is 176 Å². The van der Waals surface area contributed by atoms with Crippen molar-refractivity contribution in [3.8, 4) is 5.69 Å². The highest BCUT2D eigenvalue weighted by Gasteiger charge is 2.14. The molecule has 0 aliphatic carbocycles. The molecule has 0 fully saturated rings. The molecule has 0 spiro atoms. The minimum absolute atomic E-state index is 0.0570. The second-order valence-corrected chi connectivity index (χ2v) is 8.15. The van der Waals surface area contributed by atoms with Crippen LogP contribution in [0.25, 0.3) is 16.7 Å². The third-order valence-electron chi connectivity index (χ3n) is 4.32. The number of carbonyl (C=O) groups excluding carboxylic acids is 1. The summed E-state index contributed by atoms with van der Waals surface area (Å²) in [4.78, 5) is 17.2. The largest absolute Gasteiger partial charge is 0.325 e. The topological polar surface area (TPSA) is 46.9 Å². The van der Waals surface area contributed by atoms with Crippen LogP contribution in [-0.2, 0) is 4.79 Å². The highest BCUT2D eigenvalue weighted by atomic mass is 79.9. The van der Waals surface area contributed by atoms with Crippen molar-refractivity contribution in [2.75, 3.05) is 11.1 Å². The first-order chi connectivity index (χ1) is 13.6. The molecule has 0 aliphatic rings. The number of rotatable bonds is 5. The van der Waals surface area contributed by atoms with E-state index in [-0.39, 0.29) is 11.7 Å². The summed E-state index contributed by atoms with van der Waals surface area (Å²) < 4.78 is 3.12. The number of fused-ring (bicyclic) bond motifs is 1. The number of amides is 1. The van der Waals surface area contributed by atoms with E-state index >= 15 is 0 Å². The number of nitrogens with one attached hydrogen (secondary N) is 1. The molecule has 1 aromatic heterocycles. The van der Waals surface area contributed by atoms with Gasteiger partial charge in [-0.3, -0.25) is 9.36 Å². The van der Waals surface area contributed by atoms with Crippen molar-refractivity contribution >= 4 is 50.3 Å². The zero-order chi connectivity index (χ0) is 19.5. The number of aryl methyl sites for hydroxylation is 1. The van der Waals surface area contributed by atoms with Gasteiger partial charge in [0.15, 0.2) is 5.16 Å². The van der Waals surface area contributed by atoms with E-state index in [1.54, 1.807) is 0 Å². The molecule has 4 nitrogen and oxygen atoms in total. The second kappa shape index (κ2) is 8.20. The van der Waals surface area contributed by atoms with Gasteiger partial charge in [-0.25, -0.2) is 4.98 Å². The van der Waals surface area contributed by atoms with Crippen LogP contribution < -0.4 is 5.32 Å². The predicted molar refractivity (Wildman–Crippen MR) is 119 cm³/mol. The molecule has 3 aromatic carbocycles. The van der Waals surface area contributed by atoms with Crippen LogP contribution >= 0.6 is 27.7 Å². The quantitative estimate of drug-likeness (QED) is 0.388. The number of para-hydroxylation sites is 3. The molecular formula is C22H18BrN3OS. The second-order valence-electron chi connectivity index (χ2n) is 6.35. The van der Waals surface area contributed by atoms with Crippen molar-refractivity contribution in [2.24, 2.45) is 0 Å². The molecule has 0 unspecified atom stereocenters. The molecule has 0 bridgehead atoms. The van der Waals surface area contributed by atoms with E-state index in [9.17, 15) is 4.79 Å². The van der Waals surface area contributed by atoms with Crippen molar-refractivity contribution in [2.45, 2.75) is 12.1 Å². The molecule has 0 saturated carbocycles. The fourth-order valence-corrected chi connectivity index (χ4v) is 4.05. The fraction of sp³-hybridized carbons (Fsp3) is 0.0909. The van der Waals surface area contributed by atoms with E-state index in [2.05, 4.69) is 25.8 Å². The molecule has 28 heavy (non-hydrogen) atoms. The number of benzene rings is 3. The van der Waals surface area contributed by atoms with Gasteiger partial charge in [-0.15, -0.1) is 0 Å². The summed E-state index contributed by atoms with van der Waals surface area (Å²) in [5.74, 6) is 0.226. The van der Waals surface area contributed by atoms with Crippen LogP contribution in [-0.4, -0.2) is 21.2 Å². The van der Waals surface area contributed by atoms with E-state index in [1.165, 1.54) is 11.8 Å². The van der Waals surface area contributed by atoms with Gasteiger partial charge < -0.3 is 5.32 Å². The van der Waals surface area contributed by atoms with Gasteiger partial charge in [0.1, 0.15) is 0 Å². The van der Waals surface area contributed by atoms with Gasteiger partial charge in [0.2, 0.25) is 5.91 Å². The molecular weight excluding hydrogens is 434 g/mol. The molecule has 1 N–H and O–H groups in total. The molecule has 140 valence electrons. The molecule has 1 heterocycles. The molecule has 0 saturated heterocycles. The number of halogens is 1. The maximum atomic E-state index is 12.5. The monoisotopic (exact) mass is 451 g/mol. The average Bonchev–Trinajstić information content (AvgIpc) is 3.08. The standard InChI is InChI=1S/C22H18BrN3OS/c1-15-13-16(11-12-18(15)23)24-21(27)14-28-22-25-19-9-5-6-10-20(19)26(22)17-7-3-2-4-8-17/h2-13H,14H2,1H3,(H,24,27). The number of hydrogen-bond acceptors (Lipinski definition) is 3. The van der Waals surface area contributed by atoms with Gasteiger partial charge in [-0.2, -0.15) is 0 Å². The van der Waals surface area contributed by atoms with Gasteiger partial charge in [0, 0.05) is 15.8 Å². The van der Waals surface area contributed by atoms with E-state index in [0.717, 1.165) is 37.6 Å². The van der Waals surface area contributed by atoms with Gasteiger partial charge in [0.05, 0.1) is 16.8 Å². The Kier molecular flexibility index (Phi) is 5.50. The van der Waals surface area contributed by atoms with Gasteiger partial charge in [-0.1, -0.05) is 58.0 Å². The third kappa shape index (κ3) is 3.98. The zero-order valence-electron chi connectivity index (χ0n) is 15.2. The molecule has 0 aliphatic heterocycles. The van der Waals surface area contributed by atoms with Crippen molar-refractivity contribution in [1.29, 1.82) is 0 Å². The van der Waals surface area contributed by atoms with E-state index < -0.39 is 0 Å². The Hall–Kier alpha value is -2.57. The van der Waals surface area contributed by atoms with E-state index in [1.807, 2.05) is 79.7 Å². The third-order valence-corrected chi connectivity index (χ3v) is 6.15. The van der Waals surface area contributed by atoms with Crippen LogP contribution in [0.1, 0.15) is 5.56 Å². The molecule has 0 atom stereocenters. The minimum atomic E-state index is -0.0570. The van der Waals surface area contributed by atoms with Crippen LogP contribution in [0.5, 0.6) is 0 Å². The Morgan fingerprint density at radius 2 is 1.82 bits per heavy atom. The normalized spacial score (nSPS) is 10.9. The van der Waals surface area contributed by atoms with Crippen molar-refractivity contribution < 1.29 is 4.79 Å². The van der Waals surface area contributed by atoms with Crippen LogP contribution in [0.2, 0.25) is 0 Å². The first-order valence-electron chi connectivity index (χ1n) is 8.83. The molecule has 0 radical (unpaired) electrons. The van der Waals surface area contributed by atoms with Gasteiger partial charge in [-0.05, 0) is 55.0 Å². The number of hydrogen-bond donors (Lipinski definition) is 1. The van der Waals surface area contributed by atoms with Crippen LogP contribution in [0.4, 0.5) is 5.69 Å². The minimum Gasteiger partial charge on any atom is -0.325 e. The summed E-state index contributed by atoms with van der Waals surface area (Å²) in [5.41, 5.74) is 4.85. The van der Waals surface area contributed by atoms with E-state index in [0.29, 0.717) is 0 Å². The maximum absolute atomic E-state index is 12.5. The predicted octanol–water partition coefficient (Wildman–Crippen LogP) is 5.83. The number of aromatic nitrogens is 2. The first-order valence-corrected chi connectivity index (χ1v) is 10.6. The lowest BCUT2D eigenvalue weighted by atomic mass is 10.2. The highest BCUT2D eigenvalue weighted by Crippen LogP contribution is 2.28. The van der Waals surface area contributed by atoms with Gasteiger partial charge in [0.25, 0.3) is 0 Å². The maximum Gasteiger partial charge on any atom is 0.234 e. The number of thioether (sulfide) groups is 1. The lowest BCUT2D eigenvalue weighted by Gasteiger charge is -2.09. The fourth-order valence-electron chi connectivity index (χ4n) is 2.98. The lowest BCUT2D eigenvalue weighted by Crippen LogP contribution is -2.14. The summed E-state index contributed by atoms with van der Waals surface area (Å²) in [6.07, 6.45) is 0. The molecule has 4 rings (SSSR count). The smallest absolute Gasteiger partial charge is 0.234 e. The van der Waals surface area contributed by atoms with Crippen LogP contribution in [0.3, 0.4) is 0 Å². The van der Waals surface area contributed by atoms with E-state index in [4.69, 9.17) is 4.98 Å². The van der Waals surface area contributed by atoms with Crippen molar-refractivity contribution in [3.63, 3.8) is 0 Å². The van der Waals surface area contributed by atoms with Crippen LogP contribution in [0.15, 0.2) is 82.4 Å². The Balaban J connectivity index is 1.56. The molecule has 6 heteroatoms. The summed E-state index contributed by atoms with van der Waals surface area (Å²) in [7, 11) is 0. The highest BCUT2D eigenvalue weighted by molar-refractivity contribution is 9.10. The average molecular weight is 452 g/mol. The zero-order valence-corrected chi connectivity index (χ0v) is 17.6. The number of nitrogens with zero attached hydrogens (tertiary/aromatic N) is 2. The molecule has 1 amide bonds. The Bertz CT molecular complexity index is 1140. The Morgan fingerprint density at radius 3 is 2.61 bits per heavy atom.